The number of nitrogens with zero attached hydrogens (tertiary/aromatic N) is 2. The van der Waals surface area contributed by atoms with Crippen molar-refractivity contribution in [1.29, 1.82) is 0 Å². The number of hydrogen-bond donors (Lipinski definition) is 0. The van der Waals surface area contributed by atoms with Gasteiger partial charge in [-0.3, -0.25) is 4.79 Å². The van der Waals surface area contributed by atoms with Gasteiger partial charge in [0, 0.05) is 32.7 Å². The molecule has 1 aromatic carbocycles. The maximum Gasteiger partial charge on any atom is 0.253 e. The second-order valence-corrected chi connectivity index (χ2v) is 7.79. The minimum absolute atomic E-state index is 0.0644. The summed E-state index contributed by atoms with van der Waals surface area (Å²) in [4.78, 5) is 13.6. The number of hydrogen-bond acceptors (Lipinski definition) is 4. The second kappa shape index (κ2) is 7.31. The maximum absolute atomic E-state index is 13.0. The highest BCUT2D eigenvalue weighted by Gasteiger charge is 2.29. The van der Waals surface area contributed by atoms with E-state index in [4.69, 9.17) is 4.74 Å². The predicted octanol–water partition coefficient (Wildman–Crippen LogP) is 1.96. The van der Waals surface area contributed by atoms with Gasteiger partial charge in [-0.05, 0) is 31.0 Å². The molecule has 0 unspecified atom stereocenters. The SMILES string of the molecule is COc1ccc(C(=O)N(C)C)cc1S(=O)(=O)N1CCCCCC1. The minimum atomic E-state index is -3.67. The van der Waals surface area contributed by atoms with Crippen LogP contribution in [0.4, 0.5) is 0 Å². The third-order valence-corrected chi connectivity index (χ3v) is 5.92. The largest absolute Gasteiger partial charge is 0.495 e. The summed E-state index contributed by atoms with van der Waals surface area (Å²) in [6.07, 6.45) is 3.81. The molecular weight excluding hydrogens is 316 g/mol. The van der Waals surface area contributed by atoms with Gasteiger partial charge in [0.1, 0.15) is 10.6 Å². The van der Waals surface area contributed by atoms with Crippen LogP contribution in [0.5, 0.6) is 5.75 Å². The molecule has 128 valence electrons. The molecule has 1 fully saturated rings. The Kier molecular flexibility index (Phi) is 5.64. The highest BCUT2D eigenvalue weighted by molar-refractivity contribution is 7.89. The number of methoxy groups -OCH3 is 1. The van der Waals surface area contributed by atoms with Gasteiger partial charge in [-0.15, -0.1) is 0 Å². The molecule has 6 nitrogen and oxygen atoms in total. The van der Waals surface area contributed by atoms with Crippen LogP contribution in [0.1, 0.15) is 36.0 Å². The van der Waals surface area contributed by atoms with E-state index < -0.39 is 10.0 Å². The number of benzene rings is 1. The van der Waals surface area contributed by atoms with E-state index in [1.807, 2.05) is 0 Å². The van der Waals surface area contributed by atoms with E-state index in [2.05, 4.69) is 0 Å². The molecule has 2 rings (SSSR count). The number of sulfonamides is 1. The molecule has 0 aliphatic carbocycles. The van der Waals surface area contributed by atoms with Gasteiger partial charge in [0.25, 0.3) is 5.91 Å². The molecule has 1 heterocycles. The fraction of sp³-hybridized carbons (Fsp3) is 0.562. The zero-order valence-electron chi connectivity index (χ0n) is 13.9. The van der Waals surface area contributed by atoms with Crippen molar-refractivity contribution < 1.29 is 17.9 Å². The van der Waals surface area contributed by atoms with E-state index in [1.54, 1.807) is 26.2 Å². The summed E-state index contributed by atoms with van der Waals surface area (Å²) in [6, 6.07) is 4.55. The van der Waals surface area contributed by atoms with Crippen LogP contribution in [0.25, 0.3) is 0 Å². The summed E-state index contributed by atoms with van der Waals surface area (Å²) < 4.78 is 32.7. The molecule has 0 spiro atoms. The van der Waals surface area contributed by atoms with Gasteiger partial charge < -0.3 is 9.64 Å². The molecule has 1 amide bonds. The Balaban J connectivity index is 2.46. The Bertz CT molecular complexity index is 663. The summed E-state index contributed by atoms with van der Waals surface area (Å²) in [5, 5.41) is 0. The van der Waals surface area contributed by atoms with Crippen molar-refractivity contribution in [3.63, 3.8) is 0 Å². The Hall–Kier alpha value is -1.60. The topological polar surface area (TPSA) is 66.9 Å². The summed E-state index contributed by atoms with van der Waals surface area (Å²) in [7, 11) is 1.03. The molecule has 1 aliphatic rings. The van der Waals surface area contributed by atoms with Crippen LogP contribution >= 0.6 is 0 Å². The van der Waals surface area contributed by atoms with E-state index in [0.717, 1.165) is 25.7 Å². The Morgan fingerprint density at radius 2 is 1.74 bits per heavy atom. The lowest BCUT2D eigenvalue weighted by Gasteiger charge is -2.22. The van der Waals surface area contributed by atoms with Crippen LogP contribution < -0.4 is 4.74 Å². The van der Waals surface area contributed by atoms with Crippen LogP contribution in [0.15, 0.2) is 23.1 Å². The molecule has 1 aliphatic heterocycles. The molecule has 0 N–H and O–H groups in total. The highest BCUT2D eigenvalue weighted by atomic mass is 32.2. The number of carbonyl (C=O) groups excluding carboxylic acids is 1. The lowest BCUT2D eigenvalue weighted by molar-refractivity contribution is 0.0827. The lowest BCUT2D eigenvalue weighted by atomic mass is 10.2. The van der Waals surface area contributed by atoms with Gasteiger partial charge in [0.15, 0.2) is 0 Å². The number of carbonyl (C=O) groups is 1. The Morgan fingerprint density at radius 3 is 2.26 bits per heavy atom. The molecule has 0 radical (unpaired) electrons. The van der Waals surface area contributed by atoms with Gasteiger partial charge in [-0.25, -0.2) is 8.42 Å². The van der Waals surface area contributed by atoms with Crippen LogP contribution in [-0.2, 0) is 10.0 Å². The van der Waals surface area contributed by atoms with Crippen LogP contribution in [-0.4, -0.2) is 57.8 Å². The van der Waals surface area contributed by atoms with Crippen molar-refractivity contribution >= 4 is 15.9 Å². The van der Waals surface area contributed by atoms with E-state index in [0.29, 0.717) is 18.7 Å². The van der Waals surface area contributed by atoms with Crippen LogP contribution in [0, 0.1) is 0 Å². The van der Waals surface area contributed by atoms with Crippen molar-refractivity contribution in [2.75, 3.05) is 34.3 Å². The Morgan fingerprint density at radius 1 is 1.13 bits per heavy atom. The molecule has 7 heteroatoms. The smallest absolute Gasteiger partial charge is 0.253 e. The van der Waals surface area contributed by atoms with Gasteiger partial charge in [-0.2, -0.15) is 4.31 Å². The van der Waals surface area contributed by atoms with E-state index in [-0.39, 0.29) is 16.6 Å². The first-order valence-corrected chi connectivity index (χ1v) is 9.22. The lowest BCUT2D eigenvalue weighted by Crippen LogP contribution is -2.32. The average molecular weight is 340 g/mol. The predicted molar refractivity (Wildman–Crippen MR) is 88.2 cm³/mol. The average Bonchev–Trinajstić information content (AvgIpc) is 2.83. The maximum atomic E-state index is 13.0. The van der Waals surface area contributed by atoms with Gasteiger partial charge >= 0.3 is 0 Å². The summed E-state index contributed by atoms with van der Waals surface area (Å²) >= 11 is 0. The third-order valence-electron chi connectivity index (χ3n) is 4.00. The van der Waals surface area contributed by atoms with Gasteiger partial charge in [0.05, 0.1) is 7.11 Å². The van der Waals surface area contributed by atoms with Crippen molar-refractivity contribution in [1.82, 2.24) is 9.21 Å². The number of ether oxygens (including phenoxy) is 1. The standard InChI is InChI=1S/C16H24N2O4S/c1-17(2)16(19)13-8-9-14(22-3)15(12-13)23(20,21)18-10-6-4-5-7-11-18/h8-9,12H,4-7,10-11H2,1-3H3. The third kappa shape index (κ3) is 3.84. The first-order chi connectivity index (χ1) is 10.9. The second-order valence-electron chi connectivity index (χ2n) is 5.88. The van der Waals surface area contributed by atoms with E-state index in [1.165, 1.54) is 22.4 Å². The first-order valence-electron chi connectivity index (χ1n) is 7.78. The zero-order chi connectivity index (χ0) is 17.0. The molecule has 0 aromatic heterocycles. The Labute approximate surface area is 138 Å². The quantitative estimate of drug-likeness (QED) is 0.840. The van der Waals surface area contributed by atoms with Crippen molar-refractivity contribution in [3.8, 4) is 5.75 Å². The van der Waals surface area contributed by atoms with Crippen molar-refractivity contribution in [3.05, 3.63) is 23.8 Å². The van der Waals surface area contributed by atoms with Gasteiger partial charge in [-0.1, -0.05) is 12.8 Å². The summed E-state index contributed by atoms with van der Waals surface area (Å²) in [5.41, 5.74) is 0.337. The van der Waals surface area contributed by atoms with Crippen molar-refractivity contribution in [2.45, 2.75) is 30.6 Å². The highest BCUT2D eigenvalue weighted by Crippen LogP contribution is 2.29. The first kappa shape index (κ1) is 17.7. The van der Waals surface area contributed by atoms with Crippen LogP contribution in [0.2, 0.25) is 0 Å². The molecule has 1 aromatic rings. The molecule has 0 bridgehead atoms. The normalized spacial score (nSPS) is 16.7. The molecule has 1 saturated heterocycles. The van der Waals surface area contributed by atoms with E-state index in [9.17, 15) is 13.2 Å². The molecular formula is C16H24N2O4S. The summed E-state index contributed by atoms with van der Waals surface area (Å²) in [6.45, 7) is 1.02. The molecule has 23 heavy (non-hydrogen) atoms. The molecule has 0 atom stereocenters. The summed E-state index contributed by atoms with van der Waals surface area (Å²) in [5.74, 6) is 0.0320. The van der Waals surface area contributed by atoms with Gasteiger partial charge in [0.2, 0.25) is 10.0 Å². The molecule has 0 saturated carbocycles. The number of amides is 1. The van der Waals surface area contributed by atoms with Crippen LogP contribution in [0.3, 0.4) is 0 Å². The fourth-order valence-electron chi connectivity index (χ4n) is 2.69. The minimum Gasteiger partial charge on any atom is -0.495 e. The number of rotatable bonds is 4. The van der Waals surface area contributed by atoms with E-state index >= 15 is 0 Å². The van der Waals surface area contributed by atoms with Crippen molar-refractivity contribution in [2.24, 2.45) is 0 Å². The monoisotopic (exact) mass is 340 g/mol. The fourth-order valence-corrected chi connectivity index (χ4v) is 4.39. The zero-order valence-corrected chi connectivity index (χ0v) is 14.7.